The monoisotopic (exact) mass is 433 g/mol. The molecule has 0 saturated heterocycles. The van der Waals surface area contributed by atoms with Crippen LogP contribution in [0.25, 0.3) is 27.7 Å². The van der Waals surface area contributed by atoms with Crippen molar-refractivity contribution in [1.29, 1.82) is 0 Å². The molecule has 8 heteroatoms. The minimum atomic E-state index is -0.513. The Labute approximate surface area is 179 Å². The van der Waals surface area contributed by atoms with E-state index in [4.69, 9.17) is 4.42 Å². The molecule has 0 aliphatic rings. The van der Waals surface area contributed by atoms with E-state index in [2.05, 4.69) is 4.98 Å². The maximum Gasteiger partial charge on any atom is 0.419 e. The Morgan fingerprint density at radius 2 is 1.68 bits per heavy atom. The largest absolute Gasteiger partial charge is 0.419 e. The second-order valence-electron chi connectivity index (χ2n) is 6.84. The van der Waals surface area contributed by atoms with E-state index in [1.54, 1.807) is 54.6 Å². The van der Waals surface area contributed by atoms with Crippen LogP contribution in [-0.2, 0) is 6.54 Å². The van der Waals surface area contributed by atoms with Gasteiger partial charge in [-0.25, -0.2) is 14.2 Å². The van der Waals surface area contributed by atoms with Gasteiger partial charge in [0, 0.05) is 12.3 Å². The van der Waals surface area contributed by atoms with Gasteiger partial charge in [0.1, 0.15) is 5.82 Å². The second kappa shape index (κ2) is 7.88. The molecule has 0 unspecified atom stereocenters. The number of nitrogens with zero attached hydrogens (tertiary/aromatic N) is 3. The van der Waals surface area contributed by atoms with Gasteiger partial charge in [-0.05, 0) is 36.4 Å². The van der Waals surface area contributed by atoms with Crippen molar-refractivity contribution in [3.63, 3.8) is 0 Å². The molecule has 0 radical (unpaired) electrons. The summed E-state index contributed by atoms with van der Waals surface area (Å²) in [6, 6.07) is 20.3. The molecule has 5 rings (SSSR count). The summed E-state index contributed by atoms with van der Waals surface area (Å²) in [5.41, 5.74) is 1.55. The summed E-state index contributed by atoms with van der Waals surface area (Å²) in [5.74, 6) is -0.525. The summed E-state index contributed by atoms with van der Waals surface area (Å²) in [4.78, 5) is 30.0. The van der Waals surface area contributed by atoms with Crippen LogP contribution in [0.5, 0.6) is 0 Å². The zero-order valence-corrected chi connectivity index (χ0v) is 17.0. The summed E-state index contributed by atoms with van der Waals surface area (Å²) in [6.45, 7) is 0.348. The minimum Gasteiger partial charge on any atom is -0.408 e. The Morgan fingerprint density at radius 1 is 0.935 bits per heavy atom. The van der Waals surface area contributed by atoms with Crippen molar-refractivity contribution in [3.05, 3.63) is 99.5 Å². The van der Waals surface area contributed by atoms with Gasteiger partial charge in [-0.15, -0.1) is 0 Å². The Hall–Kier alpha value is -3.65. The third-order valence-corrected chi connectivity index (χ3v) is 5.88. The first kappa shape index (κ1) is 19.3. The Balaban J connectivity index is 1.55. The fourth-order valence-electron chi connectivity index (χ4n) is 3.51. The normalized spacial score (nSPS) is 11.4. The van der Waals surface area contributed by atoms with Crippen molar-refractivity contribution >= 4 is 33.8 Å². The van der Waals surface area contributed by atoms with Crippen LogP contribution in [0, 0.1) is 5.82 Å². The highest BCUT2D eigenvalue weighted by molar-refractivity contribution is 7.99. The van der Waals surface area contributed by atoms with Crippen LogP contribution in [0.1, 0.15) is 0 Å². The molecule has 0 aliphatic carbocycles. The van der Waals surface area contributed by atoms with Gasteiger partial charge in [-0.3, -0.25) is 13.9 Å². The lowest BCUT2D eigenvalue weighted by atomic mass is 10.2. The Bertz CT molecular complexity index is 1540. The van der Waals surface area contributed by atoms with Crippen LogP contribution in [-0.4, -0.2) is 19.9 Å². The predicted octanol–water partition coefficient (Wildman–Crippen LogP) is 4.23. The molecule has 0 atom stereocenters. The number of fused-ring (bicyclic) bond motifs is 2. The van der Waals surface area contributed by atoms with Crippen LogP contribution in [0.3, 0.4) is 0 Å². The van der Waals surface area contributed by atoms with Gasteiger partial charge < -0.3 is 4.42 Å². The highest BCUT2D eigenvalue weighted by Gasteiger charge is 2.16. The van der Waals surface area contributed by atoms with E-state index in [9.17, 15) is 14.0 Å². The van der Waals surface area contributed by atoms with Crippen molar-refractivity contribution in [2.24, 2.45) is 0 Å². The smallest absolute Gasteiger partial charge is 0.408 e. The molecule has 0 fully saturated rings. The molecule has 6 nitrogen and oxygen atoms in total. The standard InChI is InChI=1S/C23H16FN3O3S/c24-16-8-2-4-10-18(16)27-21(28)15-7-1-3-9-17(15)25-22(27)31-14-13-26-19-11-5-6-12-20(19)30-23(26)29/h1-12H,13-14H2. The van der Waals surface area contributed by atoms with Gasteiger partial charge in [0.2, 0.25) is 0 Å². The molecule has 0 aliphatic heterocycles. The molecule has 154 valence electrons. The van der Waals surface area contributed by atoms with Crippen LogP contribution in [0.15, 0.2) is 92.0 Å². The third kappa shape index (κ3) is 3.44. The minimum absolute atomic E-state index is 0.138. The fourth-order valence-corrected chi connectivity index (χ4v) is 4.44. The van der Waals surface area contributed by atoms with Gasteiger partial charge >= 0.3 is 5.76 Å². The van der Waals surface area contributed by atoms with Gasteiger partial charge in [0.25, 0.3) is 5.56 Å². The first-order valence-electron chi connectivity index (χ1n) is 9.61. The second-order valence-corrected chi connectivity index (χ2v) is 7.90. The van der Waals surface area contributed by atoms with Crippen LogP contribution >= 0.6 is 11.8 Å². The van der Waals surface area contributed by atoms with Crippen molar-refractivity contribution in [3.8, 4) is 5.69 Å². The van der Waals surface area contributed by atoms with Gasteiger partial charge in [-0.2, -0.15) is 0 Å². The van der Waals surface area contributed by atoms with Crippen molar-refractivity contribution in [2.45, 2.75) is 11.7 Å². The number of rotatable bonds is 5. The van der Waals surface area contributed by atoms with Crippen molar-refractivity contribution in [1.82, 2.24) is 14.1 Å². The zero-order chi connectivity index (χ0) is 21.4. The van der Waals surface area contributed by atoms with Gasteiger partial charge in [0.05, 0.1) is 22.1 Å². The molecule has 0 N–H and O–H groups in total. The number of hydrogen-bond acceptors (Lipinski definition) is 5. The summed E-state index contributed by atoms with van der Waals surface area (Å²) >= 11 is 1.28. The van der Waals surface area contributed by atoms with Crippen LogP contribution in [0.2, 0.25) is 0 Å². The zero-order valence-electron chi connectivity index (χ0n) is 16.2. The number of para-hydroxylation sites is 4. The topological polar surface area (TPSA) is 70.0 Å². The fraction of sp³-hybridized carbons (Fsp3) is 0.0870. The number of benzene rings is 3. The lowest BCUT2D eigenvalue weighted by molar-refractivity contribution is 0.514. The summed E-state index contributed by atoms with van der Waals surface area (Å²) in [5, 5.41) is 0.766. The first-order chi connectivity index (χ1) is 15.1. The average Bonchev–Trinajstić information content (AvgIpc) is 3.10. The molecule has 2 aromatic heterocycles. The predicted molar refractivity (Wildman–Crippen MR) is 118 cm³/mol. The van der Waals surface area contributed by atoms with E-state index in [0.717, 1.165) is 0 Å². The number of aryl methyl sites for hydroxylation is 1. The summed E-state index contributed by atoms with van der Waals surface area (Å²) in [6.07, 6.45) is 0. The molecule has 0 bridgehead atoms. The number of hydrogen-bond donors (Lipinski definition) is 0. The molecular formula is C23H16FN3O3S. The number of thioether (sulfide) groups is 1. The number of aromatic nitrogens is 3. The quantitative estimate of drug-likeness (QED) is 0.307. The summed E-state index contributed by atoms with van der Waals surface area (Å²) < 4.78 is 22.6. The highest BCUT2D eigenvalue weighted by atomic mass is 32.2. The lowest BCUT2D eigenvalue weighted by Gasteiger charge is -2.14. The van der Waals surface area contributed by atoms with E-state index < -0.39 is 11.6 Å². The Kier molecular flexibility index (Phi) is 4.91. The average molecular weight is 433 g/mol. The van der Waals surface area contributed by atoms with Crippen molar-refractivity contribution in [2.75, 3.05) is 5.75 Å². The highest BCUT2D eigenvalue weighted by Crippen LogP contribution is 2.23. The van der Waals surface area contributed by atoms with E-state index in [-0.39, 0.29) is 11.2 Å². The maximum atomic E-state index is 14.6. The Morgan fingerprint density at radius 3 is 2.55 bits per heavy atom. The summed E-state index contributed by atoms with van der Waals surface area (Å²) in [7, 11) is 0. The molecule has 31 heavy (non-hydrogen) atoms. The first-order valence-corrected chi connectivity index (χ1v) is 10.6. The van der Waals surface area contributed by atoms with E-state index >= 15 is 0 Å². The molecule has 0 spiro atoms. The molecular weight excluding hydrogens is 417 g/mol. The molecule has 5 aromatic rings. The number of halogens is 1. The maximum absolute atomic E-state index is 14.6. The third-order valence-electron chi connectivity index (χ3n) is 4.96. The lowest BCUT2D eigenvalue weighted by Crippen LogP contribution is -2.23. The van der Waals surface area contributed by atoms with Crippen molar-refractivity contribution < 1.29 is 8.81 Å². The molecule has 0 amide bonds. The van der Waals surface area contributed by atoms with E-state index in [0.29, 0.717) is 39.5 Å². The van der Waals surface area contributed by atoms with Gasteiger partial charge in [-0.1, -0.05) is 48.2 Å². The van der Waals surface area contributed by atoms with E-state index in [1.165, 1.54) is 27.0 Å². The molecule has 2 heterocycles. The van der Waals surface area contributed by atoms with Crippen LogP contribution in [0.4, 0.5) is 4.39 Å². The van der Waals surface area contributed by atoms with E-state index in [1.807, 2.05) is 12.1 Å². The van der Waals surface area contributed by atoms with Crippen LogP contribution < -0.4 is 11.3 Å². The molecule has 0 saturated carbocycles. The van der Waals surface area contributed by atoms with Gasteiger partial charge in [0.15, 0.2) is 10.7 Å². The SMILES string of the molecule is O=c1c2ccccc2nc(SCCn2c(=O)oc3ccccc32)n1-c1ccccc1F. The number of oxazole rings is 1. The molecule has 3 aromatic carbocycles.